The van der Waals surface area contributed by atoms with Gasteiger partial charge in [-0.25, -0.2) is 4.98 Å². The first kappa shape index (κ1) is 9.78. The van der Waals surface area contributed by atoms with Gasteiger partial charge in [0.1, 0.15) is 11.3 Å². The second-order valence-corrected chi connectivity index (χ2v) is 5.12. The number of nitrogens with zero attached hydrogens (tertiary/aromatic N) is 3. The molecular weight excluding hydrogens is 200 g/mol. The summed E-state index contributed by atoms with van der Waals surface area (Å²) in [5.41, 5.74) is 7.89. The van der Waals surface area contributed by atoms with Crippen LogP contribution in [0.15, 0.2) is 18.5 Å². The Morgan fingerprint density at radius 1 is 1.44 bits per heavy atom. The van der Waals surface area contributed by atoms with Crippen molar-refractivity contribution in [3.63, 3.8) is 0 Å². The van der Waals surface area contributed by atoms with Gasteiger partial charge in [-0.3, -0.25) is 4.98 Å². The van der Waals surface area contributed by atoms with Crippen molar-refractivity contribution in [2.75, 3.05) is 0 Å². The van der Waals surface area contributed by atoms with E-state index in [-0.39, 0.29) is 0 Å². The Morgan fingerprint density at radius 2 is 2.19 bits per heavy atom. The van der Waals surface area contributed by atoms with E-state index in [0.29, 0.717) is 6.04 Å². The van der Waals surface area contributed by atoms with E-state index in [9.17, 15) is 0 Å². The van der Waals surface area contributed by atoms with Gasteiger partial charge in [0, 0.05) is 12.2 Å². The summed E-state index contributed by atoms with van der Waals surface area (Å²) in [7, 11) is 0. The van der Waals surface area contributed by atoms with E-state index in [1.165, 1.54) is 12.8 Å². The summed E-state index contributed by atoms with van der Waals surface area (Å²) in [5, 5.41) is 0. The van der Waals surface area contributed by atoms with Crippen molar-refractivity contribution in [1.29, 1.82) is 0 Å². The predicted molar refractivity (Wildman–Crippen MR) is 63.0 cm³/mol. The van der Waals surface area contributed by atoms with E-state index in [1.54, 1.807) is 0 Å². The molecule has 1 saturated carbocycles. The topological polar surface area (TPSA) is 56.7 Å². The van der Waals surface area contributed by atoms with Crippen molar-refractivity contribution < 1.29 is 0 Å². The van der Waals surface area contributed by atoms with Crippen LogP contribution in [-0.2, 0) is 5.54 Å². The zero-order valence-corrected chi connectivity index (χ0v) is 9.64. The Bertz CT molecular complexity index is 531. The molecule has 0 saturated heterocycles. The average Bonchev–Trinajstić information content (AvgIpc) is 2.96. The van der Waals surface area contributed by atoms with Crippen LogP contribution in [0.3, 0.4) is 0 Å². The van der Waals surface area contributed by atoms with Gasteiger partial charge in [-0.2, -0.15) is 0 Å². The molecule has 0 aromatic carbocycles. The Labute approximate surface area is 94.5 Å². The number of fused-ring (bicyclic) bond motifs is 1. The molecule has 0 aliphatic heterocycles. The molecule has 2 N–H and O–H groups in total. The summed E-state index contributed by atoms with van der Waals surface area (Å²) in [6, 6.07) is 2.61. The third kappa shape index (κ3) is 1.41. The van der Waals surface area contributed by atoms with Crippen molar-refractivity contribution in [3.8, 4) is 0 Å². The van der Waals surface area contributed by atoms with Gasteiger partial charge < -0.3 is 10.3 Å². The normalized spacial score (nSPS) is 16.9. The molecule has 0 amide bonds. The Balaban J connectivity index is 2.30. The molecule has 1 aliphatic carbocycles. The van der Waals surface area contributed by atoms with Crippen molar-refractivity contribution in [2.24, 2.45) is 5.73 Å². The fraction of sp³-hybridized carbons (Fsp3) is 0.500. The number of rotatable bonds is 2. The molecule has 16 heavy (non-hydrogen) atoms. The largest absolute Gasteiger partial charge is 0.323 e. The van der Waals surface area contributed by atoms with Gasteiger partial charge in [-0.05, 0) is 32.8 Å². The summed E-state index contributed by atoms with van der Waals surface area (Å²) in [4.78, 5) is 8.73. The quantitative estimate of drug-likeness (QED) is 0.834. The molecule has 2 heterocycles. The highest BCUT2D eigenvalue weighted by atomic mass is 15.2. The van der Waals surface area contributed by atoms with Gasteiger partial charge in [0.25, 0.3) is 0 Å². The number of imidazole rings is 1. The molecule has 3 rings (SSSR count). The first-order valence-electron chi connectivity index (χ1n) is 5.68. The summed E-state index contributed by atoms with van der Waals surface area (Å²) in [5.74, 6) is 0.970. The van der Waals surface area contributed by atoms with E-state index in [1.807, 2.05) is 32.3 Å². The molecule has 1 aliphatic rings. The third-order valence-corrected chi connectivity index (χ3v) is 2.98. The number of hydrogen-bond donors (Lipinski definition) is 1. The monoisotopic (exact) mass is 216 g/mol. The molecule has 2 aromatic rings. The minimum absolute atomic E-state index is 0.401. The molecule has 2 aromatic heterocycles. The van der Waals surface area contributed by atoms with Crippen LogP contribution in [0, 0.1) is 0 Å². The maximum absolute atomic E-state index is 6.18. The summed E-state index contributed by atoms with van der Waals surface area (Å²) < 4.78 is 2.29. The molecule has 0 bridgehead atoms. The van der Waals surface area contributed by atoms with Gasteiger partial charge >= 0.3 is 0 Å². The second-order valence-electron chi connectivity index (χ2n) is 5.12. The van der Waals surface area contributed by atoms with Crippen LogP contribution in [0.5, 0.6) is 0 Å². The number of hydrogen-bond acceptors (Lipinski definition) is 3. The highest BCUT2D eigenvalue weighted by Crippen LogP contribution is 2.40. The molecule has 0 radical (unpaired) electrons. The van der Waals surface area contributed by atoms with E-state index in [4.69, 9.17) is 5.73 Å². The van der Waals surface area contributed by atoms with E-state index in [2.05, 4.69) is 14.5 Å². The second kappa shape index (κ2) is 3.04. The Morgan fingerprint density at radius 3 is 2.81 bits per heavy atom. The highest BCUT2D eigenvalue weighted by molar-refractivity contribution is 5.75. The highest BCUT2D eigenvalue weighted by Gasteiger charge is 2.32. The van der Waals surface area contributed by atoms with Crippen molar-refractivity contribution in [2.45, 2.75) is 38.3 Å². The van der Waals surface area contributed by atoms with Crippen LogP contribution in [0.2, 0.25) is 0 Å². The number of pyridine rings is 1. The zero-order valence-electron chi connectivity index (χ0n) is 9.64. The summed E-state index contributed by atoms with van der Waals surface area (Å²) in [6.07, 6.45) is 6.09. The van der Waals surface area contributed by atoms with Crippen LogP contribution in [0.25, 0.3) is 11.0 Å². The molecule has 84 valence electrons. The minimum Gasteiger partial charge on any atom is -0.323 e. The molecule has 1 fully saturated rings. The van der Waals surface area contributed by atoms with Crippen LogP contribution < -0.4 is 5.73 Å². The average molecular weight is 216 g/mol. The lowest BCUT2D eigenvalue weighted by atomic mass is 10.1. The van der Waals surface area contributed by atoms with Crippen LogP contribution >= 0.6 is 0 Å². The molecule has 0 unspecified atom stereocenters. The maximum atomic E-state index is 6.18. The Kier molecular flexibility index (Phi) is 1.86. The van der Waals surface area contributed by atoms with E-state index >= 15 is 0 Å². The van der Waals surface area contributed by atoms with Gasteiger partial charge in [-0.1, -0.05) is 0 Å². The molecule has 0 atom stereocenters. The minimum atomic E-state index is -0.401. The lowest BCUT2D eigenvalue weighted by molar-refractivity contribution is 0.482. The van der Waals surface area contributed by atoms with Gasteiger partial charge in [-0.15, -0.1) is 0 Å². The van der Waals surface area contributed by atoms with Crippen molar-refractivity contribution >= 4 is 11.0 Å². The van der Waals surface area contributed by atoms with E-state index in [0.717, 1.165) is 16.9 Å². The predicted octanol–water partition coefficient (Wildman–Crippen LogP) is 1.96. The van der Waals surface area contributed by atoms with Gasteiger partial charge in [0.15, 0.2) is 0 Å². The first-order chi connectivity index (χ1) is 7.57. The lowest BCUT2D eigenvalue weighted by Crippen LogP contribution is -2.32. The standard InChI is InChI=1S/C12H16N4/c1-12(2,13)11-15-9-7-14-6-5-10(9)16(11)8-3-4-8/h5-8H,3-4,13H2,1-2H3. The number of nitrogens with two attached hydrogens (primary N) is 1. The maximum Gasteiger partial charge on any atom is 0.129 e. The van der Waals surface area contributed by atoms with Gasteiger partial charge in [0.05, 0.1) is 17.3 Å². The van der Waals surface area contributed by atoms with Crippen molar-refractivity contribution in [1.82, 2.24) is 14.5 Å². The SMILES string of the molecule is CC(C)(N)c1nc2cnccc2n1C1CC1. The van der Waals surface area contributed by atoms with E-state index < -0.39 is 5.54 Å². The van der Waals surface area contributed by atoms with Crippen LogP contribution in [0.4, 0.5) is 0 Å². The molecule has 4 heteroatoms. The fourth-order valence-corrected chi connectivity index (χ4v) is 2.11. The van der Waals surface area contributed by atoms with Gasteiger partial charge in [0.2, 0.25) is 0 Å². The zero-order chi connectivity index (χ0) is 11.3. The lowest BCUT2D eigenvalue weighted by Gasteiger charge is -2.19. The van der Waals surface area contributed by atoms with Crippen LogP contribution in [0.1, 0.15) is 38.6 Å². The first-order valence-corrected chi connectivity index (χ1v) is 5.68. The van der Waals surface area contributed by atoms with Crippen molar-refractivity contribution in [3.05, 3.63) is 24.3 Å². The molecule has 0 spiro atoms. The van der Waals surface area contributed by atoms with Crippen LogP contribution in [-0.4, -0.2) is 14.5 Å². The summed E-state index contributed by atoms with van der Waals surface area (Å²) in [6.45, 7) is 4.00. The third-order valence-electron chi connectivity index (χ3n) is 2.98. The fourth-order valence-electron chi connectivity index (χ4n) is 2.11. The smallest absolute Gasteiger partial charge is 0.129 e. The molecular formula is C12H16N4. The summed E-state index contributed by atoms with van der Waals surface area (Å²) >= 11 is 0. The molecule has 4 nitrogen and oxygen atoms in total. The Hall–Kier alpha value is -1.42. The number of aromatic nitrogens is 3.